The van der Waals surface area contributed by atoms with Crippen molar-refractivity contribution < 1.29 is 9.59 Å². The van der Waals surface area contributed by atoms with E-state index < -0.39 is 0 Å². The molecule has 0 aromatic carbocycles. The number of rotatable bonds is 3. The van der Waals surface area contributed by atoms with Gasteiger partial charge in [0.25, 0.3) is 5.91 Å². The SMILES string of the molecule is Cc1cc(C(=O)N2CCC3(CC2)CC(C(=O)N2CCN(C4CCC4)CC(C)(C)C2)C3)ccn1. The first kappa shape index (κ1) is 22.8. The van der Waals surface area contributed by atoms with Gasteiger partial charge in [0, 0.05) is 68.7 Å². The lowest BCUT2D eigenvalue weighted by Crippen LogP contribution is -2.53. The molecule has 0 bridgehead atoms. The Bertz CT molecular complexity index is 893. The van der Waals surface area contributed by atoms with Crippen LogP contribution in [0.2, 0.25) is 0 Å². The van der Waals surface area contributed by atoms with Gasteiger partial charge in [-0.2, -0.15) is 0 Å². The van der Waals surface area contributed by atoms with E-state index in [2.05, 4.69) is 28.6 Å². The van der Waals surface area contributed by atoms with Gasteiger partial charge in [-0.05, 0) is 68.4 Å². The van der Waals surface area contributed by atoms with Gasteiger partial charge in [0.1, 0.15) is 0 Å². The number of hydrogen-bond acceptors (Lipinski definition) is 4. The minimum Gasteiger partial charge on any atom is -0.341 e. The van der Waals surface area contributed by atoms with Crippen LogP contribution in [-0.4, -0.2) is 76.8 Å². The molecule has 6 heteroatoms. The lowest BCUT2D eigenvalue weighted by atomic mass is 9.57. The largest absolute Gasteiger partial charge is 0.341 e. The summed E-state index contributed by atoms with van der Waals surface area (Å²) in [6.45, 7) is 12.1. The van der Waals surface area contributed by atoms with E-state index in [4.69, 9.17) is 0 Å². The average Bonchev–Trinajstić information content (AvgIpc) is 2.87. The number of hydrogen-bond donors (Lipinski definition) is 0. The Balaban J connectivity index is 1.13. The van der Waals surface area contributed by atoms with Crippen molar-refractivity contribution in [1.29, 1.82) is 0 Å². The number of likely N-dealkylation sites (tertiary alicyclic amines) is 1. The zero-order valence-electron chi connectivity index (χ0n) is 20.7. The smallest absolute Gasteiger partial charge is 0.253 e. The molecule has 180 valence electrons. The van der Waals surface area contributed by atoms with Crippen molar-refractivity contribution in [2.24, 2.45) is 16.7 Å². The Morgan fingerprint density at radius 2 is 1.73 bits per heavy atom. The molecule has 1 aromatic rings. The number of carbonyl (C=O) groups excluding carboxylic acids is 2. The van der Waals surface area contributed by atoms with E-state index >= 15 is 0 Å². The van der Waals surface area contributed by atoms with E-state index in [1.165, 1.54) is 19.3 Å². The van der Waals surface area contributed by atoms with E-state index in [9.17, 15) is 9.59 Å². The number of aromatic nitrogens is 1. The number of nitrogens with zero attached hydrogens (tertiary/aromatic N) is 4. The standard InChI is InChI=1S/C27H40N4O2/c1-20-15-21(7-10-28-20)24(32)29-11-8-27(9-12-29)16-22(17-27)25(33)31-14-13-30(23-5-4-6-23)18-26(2,3)19-31/h7,10,15,22-23H,4-6,8-9,11-14,16-19H2,1-3H3. The third-order valence-corrected chi connectivity index (χ3v) is 8.77. The van der Waals surface area contributed by atoms with Crippen LogP contribution in [0.4, 0.5) is 0 Å². The first-order valence-corrected chi connectivity index (χ1v) is 13.0. The predicted octanol–water partition coefficient (Wildman–Crippen LogP) is 3.75. The number of carbonyl (C=O) groups is 2. The fourth-order valence-electron chi connectivity index (χ4n) is 6.65. The van der Waals surface area contributed by atoms with E-state index in [-0.39, 0.29) is 22.7 Å². The fraction of sp³-hybridized carbons (Fsp3) is 0.741. The summed E-state index contributed by atoms with van der Waals surface area (Å²) in [5, 5.41) is 0. The topological polar surface area (TPSA) is 56.8 Å². The van der Waals surface area contributed by atoms with Crippen molar-refractivity contribution in [3.63, 3.8) is 0 Å². The average molecular weight is 453 g/mol. The number of amides is 2. The molecular formula is C27H40N4O2. The van der Waals surface area contributed by atoms with Crippen molar-refractivity contribution in [2.75, 3.05) is 39.3 Å². The molecule has 0 atom stereocenters. The third-order valence-electron chi connectivity index (χ3n) is 8.77. The minimum absolute atomic E-state index is 0.116. The van der Waals surface area contributed by atoms with Crippen LogP contribution < -0.4 is 0 Å². The highest BCUT2D eigenvalue weighted by molar-refractivity contribution is 5.94. The fourth-order valence-corrected chi connectivity index (χ4v) is 6.65. The van der Waals surface area contributed by atoms with Crippen molar-refractivity contribution in [3.8, 4) is 0 Å². The molecule has 0 radical (unpaired) electrons. The molecule has 33 heavy (non-hydrogen) atoms. The van der Waals surface area contributed by atoms with E-state index in [0.717, 1.165) is 82.3 Å². The maximum absolute atomic E-state index is 13.4. The Morgan fingerprint density at radius 3 is 2.36 bits per heavy atom. The Hall–Kier alpha value is -1.95. The molecule has 6 nitrogen and oxygen atoms in total. The van der Waals surface area contributed by atoms with E-state index in [1.54, 1.807) is 6.20 Å². The van der Waals surface area contributed by atoms with Crippen LogP contribution in [-0.2, 0) is 4.79 Å². The molecule has 0 N–H and O–H groups in total. The van der Waals surface area contributed by atoms with Crippen LogP contribution in [0.3, 0.4) is 0 Å². The molecule has 2 aliphatic carbocycles. The van der Waals surface area contributed by atoms with Crippen LogP contribution in [0.25, 0.3) is 0 Å². The zero-order valence-corrected chi connectivity index (χ0v) is 20.7. The van der Waals surface area contributed by atoms with Crippen LogP contribution in [0, 0.1) is 23.7 Å². The minimum atomic E-state index is 0.116. The summed E-state index contributed by atoms with van der Waals surface area (Å²) in [5.41, 5.74) is 2.03. The van der Waals surface area contributed by atoms with Gasteiger partial charge in [0.2, 0.25) is 5.91 Å². The second kappa shape index (κ2) is 8.68. The van der Waals surface area contributed by atoms with Crippen molar-refractivity contribution in [3.05, 3.63) is 29.6 Å². The monoisotopic (exact) mass is 452 g/mol. The maximum atomic E-state index is 13.4. The summed E-state index contributed by atoms with van der Waals surface area (Å²) in [6, 6.07) is 4.43. The first-order chi connectivity index (χ1) is 15.7. The number of piperidine rings is 1. The summed E-state index contributed by atoms with van der Waals surface area (Å²) in [7, 11) is 0. The second-order valence-electron chi connectivity index (χ2n) is 12.1. The summed E-state index contributed by atoms with van der Waals surface area (Å²) in [4.78, 5) is 37.3. The quantitative estimate of drug-likeness (QED) is 0.701. The molecule has 1 aromatic heterocycles. The molecule has 3 heterocycles. The van der Waals surface area contributed by atoms with E-state index in [1.807, 2.05) is 24.0 Å². The van der Waals surface area contributed by atoms with Gasteiger partial charge in [-0.1, -0.05) is 20.3 Å². The Kier molecular flexibility index (Phi) is 6.00. The summed E-state index contributed by atoms with van der Waals surface area (Å²) < 4.78 is 0. The summed E-state index contributed by atoms with van der Waals surface area (Å²) in [5.74, 6) is 0.682. The molecule has 2 aliphatic heterocycles. The molecule has 5 rings (SSSR count). The van der Waals surface area contributed by atoms with Gasteiger partial charge < -0.3 is 9.80 Å². The highest BCUT2D eigenvalue weighted by Crippen LogP contribution is 2.53. The first-order valence-electron chi connectivity index (χ1n) is 13.0. The molecule has 4 aliphatic rings. The number of aryl methyl sites for hydroxylation is 1. The van der Waals surface area contributed by atoms with Gasteiger partial charge in [-0.15, -0.1) is 0 Å². The van der Waals surface area contributed by atoms with Gasteiger partial charge in [-0.25, -0.2) is 0 Å². The third kappa shape index (κ3) is 4.68. The Morgan fingerprint density at radius 1 is 1.00 bits per heavy atom. The maximum Gasteiger partial charge on any atom is 0.253 e. The highest BCUT2D eigenvalue weighted by Gasteiger charge is 2.50. The van der Waals surface area contributed by atoms with E-state index in [0.29, 0.717) is 5.91 Å². The van der Waals surface area contributed by atoms with Crippen LogP contribution >= 0.6 is 0 Å². The van der Waals surface area contributed by atoms with Gasteiger partial charge >= 0.3 is 0 Å². The van der Waals surface area contributed by atoms with Crippen LogP contribution in [0.15, 0.2) is 18.3 Å². The number of pyridine rings is 1. The highest BCUT2D eigenvalue weighted by atomic mass is 16.2. The normalized spacial score (nSPS) is 25.9. The van der Waals surface area contributed by atoms with Crippen LogP contribution in [0.5, 0.6) is 0 Å². The van der Waals surface area contributed by atoms with Gasteiger partial charge in [0.05, 0.1) is 0 Å². The summed E-state index contributed by atoms with van der Waals surface area (Å²) in [6.07, 6.45) is 9.79. The molecular weight excluding hydrogens is 412 g/mol. The van der Waals surface area contributed by atoms with Crippen molar-refractivity contribution in [2.45, 2.75) is 71.8 Å². The molecule has 1 spiro atoms. The van der Waals surface area contributed by atoms with Crippen molar-refractivity contribution >= 4 is 11.8 Å². The summed E-state index contributed by atoms with van der Waals surface area (Å²) >= 11 is 0. The van der Waals surface area contributed by atoms with Gasteiger partial charge in [0.15, 0.2) is 0 Å². The van der Waals surface area contributed by atoms with Crippen LogP contribution in [0.1, 0.15) is 74.8 Å². The Labute approximate surface area is 198 Å². The second-order valence-corrected chi connectivity index (χ2v) is 12.1. The molecule has 0 unspecified atom stereocenters. The lowest BCUT2D eigenvalue weighted by Gasteiger charge is -2.52. The molecule has 4 fully saturated rings. The molecule has 2 saturated heterocycles. The predicted molar refractivity (Wildman–Crippen MR) is 129 cm³/mol. The lowest BCUT2D eigenvalue weighted by molar-refractivity contribution is -0.146. The molecule has 2 amide bonds. The zero-order chi connectivity index (χ0) is 23.2. The molecule has 2 saturated carbocycles. The van der Waals surface area contributed by atoms with Crippen molar-refractivity contribution in [1.82, 2.24) is 19.7 Å². The van der Waals surface area contributed by atoms with Gasteiger partial charge in [-0.3, -0.25) is 19.5 Å².